The van der Waals surface area contributed by atoms with E-state index in [1.807, 2.05) is 12.1 Å². The smallest absolute Gasteiger partial charge is 0.287 e. The molecule has 0 saturated carbocycles. The third-order valence-corrected chi connectivity index (χ3v) is 2.98. The molecular formula is C13H9N5O3. The standard InChI is InChI=1S/C13H9N5O3/c19-13-12(9-3-1-2-4-10(9)15-13)17-16-11-6-5-8(7-14-11)18(20)21/h1-7,12H,(H,15,19). The van der Waals surface area contributed by atoms with Gasteiger partial charge in [0.15, 0.2) is 11.9 Å². The Hall–Kier alpha value is -3.16. The summed E-state index contributed by atoms with van der Waals surface area (Å²) in [6.07, 6.45) is 1.09. The maximum absolute atomic E-state index is 11.8. The Morgan fingerprint density at radius 1 is 1.24 bits per heavy atom. The first-order valence-electron chi connectivity index (χ1n) is 6.06. The first-order chi connectivity index (χ1) is 10.1. The van der Waals surface area contributed by atoms with Crippen molar-refractivity contribution in [3.05, 3.63) is 58.3 Å². The molecule has 0 bridgehead atoms. The highest BCUT2D eigenvalue weighted by Crippen LogP contribution is 2.33. The molecular weight excluding hydrogens is 274 g/mol. The van der Waals surface area contributed by atoms with Crippen molar-refractivity contribution < 1.29 is 9.72 Å². The van der Waals surface area contributed by atoms with E-state index in [-0.39, 0.29) is 17.4 Å². The molecule has 8 nitrogen and oxygen atoms in total. The molecule has 2 heterocycles. The van der Waals surface area contributed by atoms with Crippen LogP contribution in [0.4, 0.5) is 17.2 Å². The number of hydrogen-bond donors (Lipinski definition) is 1. The Kier molecular flexibility index (Phi) is 3.11. The number of carbonyl (C=O) groups excluding carboxylic acids is 1. The van der Waals surface area contributed by atoms with E-state index in [2.05, 4.69) is 20.5 Å². The van der Waals surface area contributed by atoms with Crippen molar-refractivity contribution in [3.8, 4) is 0 Å². The molecule has 1 N–H and O–H groups in total. The molecule has 8 heteroatoms. The van der Waals surface area contributed by atoms with Gasteiger partial charge in [-0.1, -0.05) is 18.2 Å². The second kappa shape index (κ2) is 5.08. The summed E-state index contributed by atoms with van der Waals surface area (Å²) in [6.45, 7) is 0. The SMILES string of the molecule is O=C1Nc2ccccc2C1N=Nc1ccc([N+](=O)[O-])cn1. The molecule has 1 aromatic carbocycles. The van der Waals surface area contributed by atoms with Crippen LogP contribution in [0.2, 0.25) is 0 Å². The minimum absolute atomic E-state index is 0.127. The average Bonchev–Trinajstić information content (AvgIpc) is 2.81. The quantitative estimate of drug-likeness (QED) is 0.530. The molecule has 0 fully saturated rings. The molecule has 1 amide bonds. The maximum atomic E-state index is 11.8. The lowest BCUT2D eigenvalue weighted by Gasteiger charge is -2.00. The monoisotopic (exact) mass is 283 g/mol. The number of aromatic nitrogens is 1. The third-order valence-electron chi connectivity index (χ3n) is 2.98. The number of carbonyl (C=O) groups is 1. The molecule has 0 saturated heterocycles. The lowest BCUT2D eigenvalue weighted by Crippen LogP contribution is -2.09. The minimum atomic E-state index is -0.724. The van der Waals surface area contributed by atoms with E-state index in [4.69, 9.17) is 0 Å². The zero-order chi connectivity index (χ0) is 14.8. The fraction of sp³-hybridized carbons (Fsp3) is 0.0769. The summed E-state index contributed by atoms with van der Waals surface area (Å²) in [7, 11) is 0. The van der Waals surface area contributed by atoms with E-state index in [1.54, 1.807) is 12.1 Å². The molecule has 104 valence electrons. The number of benzene rings is 1. The normalized spacial score (nSPS) is 16.8. The summed E-state index contributed by atoms with van der Waals surface area (Å²) < 4.78 is 0. The number of nitro groups is 1. The topological polar surface area (TPSA) is 110 Å². The summed E-state index contributed by atoms with van der Waals surface area (Å²) in [4.78, 5) is 25.6. The Morgan fingerprint density at radius 2 is 2.05 bits per heavy atom. The predicted molar refractivity (Wildman–Crippen MR) is 73.2 cm³/mol. The number of hydrogen-bond acceptors (Lipinski definition) is 6. The highest BCUT2D eigenvalue weighted by Gasteiger charge is 2.30. The maximum Gasteiger partial charge on any atom is 0.287 e. The average molecular weight is 283 g/mol. The van der Waals surface area contributed by atoms with Crippen molar-refractivity contribution in [1.82, 2.24) is 4.98 Å². The third kappa shape index (κ3) is 2.46. The Bertz CT molecular complexity index is 742. The van der Waals surface area contributed by atoms with E-state index in [0.29, 0.717) is 5.69 Å². The lowest BCUT2D eigenvalue weighted by molar-refractivity contribution is -0.385. The molecule has 0 aliphatic carbocycles. The number of azo groups is 1. The number of anilines is 1. The van der Waals surface area contributed by atoms with Crippen LogP contribution in [-0.4, -0.2) is 15.8 Å². The van der Waals surface area contributed by atoms with Gasteiger partial charge in [-0.05, 0) is 12.1 Å². The van der Waals surface area contributed by atoms with Gasteiger partial charge in [-0.15, -0.1) is 5.11 Å². The van der Waals surface area contributed by atoms with Gasteiger partial charge in [-0.3, -0.25) is 14.9 Å². The van der Waals surface area contributed by atoms with Crippen molar-refractivity contribution in [2.75, 3.05) is 5.32 Å². The number of rotatable bonds is 3. The van der Waals surface area contributed by atoms with Gasteiger partial charge >= 0.3 is 0 Å². The van der Waals surface area contributed by atoms with E-state index in [0.717, 1.165) is 11.8 Å². The van der Waals surface area contributed by atoms with Crippen LogP contribution in [0.5, 0.6) is 0 Å². The second-order valence-corrected chi connectivity index (χ2v) is 4.33. The number of amides is 1. The zero-order valence-corrected chi connectivity index (χ0v) is 10.6. The van der Waals surface area contributed by atoms with Gasteiger partial charge in [0.2, 0.25) is 0 Å². The van der Waals surface area contributed by atoms with Gasteiger partial charge in [0, 0.05) is 17.3 Å². The molecule has 1 aliphatic heterocycles. The Labute approximate surface area is 118 Å². The number of fused-ring (bicyclic) bond motifs is 1. The van der Waals surface area contributed by atoms with Gasteiger partial charge < -0.3 is 5.32 Å². The van der Waals surface area contributed by atoms with E-state index in [9.17, 15) is 14.9 Å². The summed E-state index contributed by atoms with van der Waals surface area (Å²) in [5.41, 5.74) is 1.33. The first-order valence-corrected chi connectivity index (χ1v) is 6.06. The number of nitrogens with one attached hydrogen (secondary N) is 1. The molecule has 1 aliphatic rings. The van der Waals surface area contributed by atoms with Gasteiger partial charge in [0.05, 0.1) is 4.92 Å². The molecule has 3 rings (SSSR count). The van der Waals surface area contributed by atoms with Gasteiger partial charge in [-0.2, -0.15) is 5.11 Å². The molecule has 0 spiro atoms. The summed E-state index contributed by atoms with van der Waals surface area (Å²) >= 11 is 0. The van der Waals surface area contributed by atoms with Crippen molar-refractivity contribution in [2.45, 2.75) is 6.04 Å². The van der Waals surface area contributed by atoms with Gasteiger partial charge in [0.1, 0.15) is 6.20 Å². The fourth-order valence-electron chi connectivity index (χ4n) is 1.97. The lowest BCUT2D eigenvalue weighted by atomic mass is 10.1. The number of pyridine rings is 1. The molecule has 2 aromatic rings. The van der Waals surface area contributed by atoms with Crippen LogP contribution in [0.15, 0.2) is 52.8 Å². The highest BCUT2D eigenvalue weighted by molar-refractivity contribution is 6.02. The van der Waals surface area contributed by atoms with Crippen LogP contribution in [-0.2, 0) is 4.79 Å². The number of nitrogens with zero attached hydrogens (tertiary/aromatic N) is 4. The van der Waals surface area contributed by atoms with E-state index >= 15 is 0 Å². The molecule has 21 heavy (non-hydrogen) atoms. The fourth-order valence-corrected chi connectivity index (χ4v) is 1.97. The van der Waals surface area contributed by atoms with Crippen LogP contribution in [0.3, 0.4) is 0 Å². The summed E-state index contributed by atoms with van der Waals surface area (Å²) in [5, 5.41) is 21.1. The highest BCUT2D eigenvalue weighted by atomic mass is 16.6. The summed E-state index contributed by atoms with van der Waals surface area (Å²) in [5.74, 6) is -0.0559. The van der Waals surface area contributed by atoms with Crippen LogP contribution >= 0.6 is 0 Å². The van der Waals surface area contributed by atoms with E-state index < -0.39 is 11.0 Å². The van der Waals surface area contributed by atoms with Gasteiger partial charge in [0.25, 0.3) is 11.6 Å². The van der Waals surface area contributed by atoms with Crippen molar-refractivity contribution in [2.24, 2.45) is 10.2 Å². The Balaban J connectivity index is 1.83. The Morgan fingerprint density at radius 3 is 2.76 bits per heavy atom. The molecule has 1 aromatic heterocycles. The first kappa shape index (κ1) is 12.9. The number of para-hydroxylation sites is 1. The minimum Gasteiger partial charge on any atom is -0.324 e. The van der Waals surface area contributed by atoms with Crippen molar-refractivity contribution in [3.63, 3.8) is 0 Å². The summed E-state index contributed by atoms with van der Waals surface area (Å²) in [6, 6.07) is 9.14. The molecule has 1 unspecified atom stereocenters. The van der Waals surface area contributed by atoms with Crippen LogP contribution in [0, 0.1) is 10.1 Å². The zero-order valence-electron chi connectivity index (χ0n) is 10.6. The van der Waals surface area contributed by atoms with E-state index in [1.165, 1.54) is 12.1 Å². The largest absolute Gasteiger partial charge is 0.324 e. The molecule has 1 atom stereocenters. The molecule has 0 radical (unpaired) electrons. The predicted octanol–water partition coefficient (Wildman–Crippen LogP) is 2.77. The van der Waals surface area contributed by atoms with Crippen LogP contribution in [0.1, 0.15) is 11.6 Å². The van der Waals surface area contributed by atoms with Gasteiger partial charge in [-0.25, -0.2) is 4.98 Å². The second-order valence-electron chi connectivity index (χ2n) is 4.33. The van der Waals surface area contributed by atoms with Crippen LogP contribution in [0.25, 0.3) is 0 Å². The van der Waals surface area contributed by atoms with Crippen LogP contribution < -0.4 is 5.32 Å². The van der Waals surface area contributed by atoms with Crippen molar-refractivity contribution >= 4 is 23.1 Å². The van der Waals surface area contributed by atoms with Crippen molar-refractivity contribution in [1.29, 1.82) is 0 Å².